The SMILES string of the molecule is CC[C@]12C=CC(=O)CC1CC[C@@H]1[C@H]2CC[C@]2(C)C(=O)CC[C@@H]12. The molecule has 4 aliphatic carbocycles. The molecule has 0 aromatic carbocycles. The highest BCUT2D eigenvalue weighted by atomic mass is 16.1. The summed E-state index contributed by atoms with van der Waals surface area (Å²) >= 11 is 0. The lowest BCUT2D eigenvalue weighted by molar-refractivity contribution is -0.136. The fourth-order valence-electron chi connectivity index (χ4n) is 6.87. The number of fused-ring (bicyclic) bond motifs is 5. The van der Waals surface area contributed by atoms with Crippen molar-refractivity contribution in [2.24, 2.45) is 34.5 Å². The number of carbonyl (C=O) groups is 2. The summed E-state index contributed by atoms with van der Waals surface area (Å²) in [4.78, 5) is 24.3. The Morgan fingerprint density at radius 2 is 1.95 bits per heavy atom. The van der Waals surface area contributed by atoms with Crippen LogP contribution in [0.25, 0.3) is 0 Å². The smallest absolute Gasteiger partial charge is 0.155 e. The van der Waals surface area contributed by atoms with Crippen LogP contribution in [-0.4, -0.2) is 11.6 Å². The fourth-order valence-corrected chi connectivity index (χ4v) is 6.87. The third kappa shape index (κ3) is 1.73. The first-order valence-electron chi connectivity index (χ1n) is 9.26. The summed E-state index contributed by atoms with van der Waals surface area (Å²) in [5.41, 5.74) is 0.209. The van der Waals surface area contributed by atoms with Crippen molar-refractivity contribution in [3.63, 3.8) is 0 Å². The Morgan fingerprint density at radius 3 is 2.73 bits per heavy atom. The van der Waals surface area contributed by atoms with E-state index >= 15 is 0 Å². The highest BCUT2D eigenvalue weighted by Gasteiger charge is 2.60. The molecule has 0 bridgehead atoms. The molecule has 0 aromatic rings. The number of ketones is 2. The van der Waals surface area contributed by atoms with E-state index in [-0.39, 0.29) is 10.8 Å². The molecule has 0 N–H and O–H groups in total. The number of Topliss-reactive ketones (excluding diaryl/α,β-unsaturated/α-hetero) is 1. The van der Waals surface area contributed by atoms with Gasteiger partial charge in [0.2, 0.25) is 0 Å². The molecule has 22 heavy (non-hydrogen) atoms. The Morgan fingerprint density at radius 1 is 1.14 bits per heavy atom. The minimum Gasteiger partial charge on any atom is -0.299 e. The maximum atomic E-state index is 12.4. The van der Waals surface area contributed by atoms with Crippen LogP contribution < -0.4 is 0 Å². The van der Waals surface area contributed by atoms with Gasteiger partial charge in [-0.1, -0.05) is 19.9 Å². The highest BCUT2D eigenvalue weighted by molar-refractivity contribution is 5.91. The van der Waals surface area contributed by atoms with Gasteiger partial charge >= 0.3 is 0 Å². The van der Waals surface area contributed by atoms with Crippen LogP contribution in [0.15, 0.2) is 12.2 Å². The average Bonchev–Trinajstić information content (AvgIpc) is 2.82. The van der Waals surface area contributed by atoms with Gasteiger partial charge in [-0.05, 0) is 73.7 Å². The van der Waals surface area contributed by atoms with Gasteiger partial charge in [0.1, 0.15) is 5.78 Å². The first-order chi connectivity index (χ1) is 10.5. The normalized spacial score (nSPS) is 50.5. The number of carbonyl (C=O) groups excluding carboxylic acids is 2. The van der Waals surface area contributed by atoms with Gasteiger partial charge in [0.15, 0.2) is 5.78 Å². The zero-order valence-electron chi connectivity index (χ0n) is 13.9. The van der Waals surface area contributed by atoms with Gasteiger partial charge in [0.05, 0.1) is 0 Å². The van der Waals surface area contributed by atoms with E-state index in [4.69, 9.17) is 0 Å². The highest BCUT2D eigenvalue weighted by Crippen LogP contribution is 2.65. The molecular formula is C20H28O2. The van der Waals surface area contributed by atoms with Gasteiger partial charge in [-0.2, -0.15) is 0 Å². The van der Waals surface area contributed by atoms with Crippen molar-refractivity contribution in [2.75, 3.05) is 0 Å². The summed E-state index contributed by atoms with van der Waals surface area (Å²) < 4.78 is 0. The van der Waals surface area contributed by atoms with Gasteiger partial charge in [0, 0.05) is 18.3 Å². The maximum Gasteiger partial charge on any atom is 0.155 e. The topological polar surface area (TPSA) is 34.1 Å². The zero-order chi connectivity index (χ0) is 15.5. The monoisotopic (exact) mass is 300 g/mol. The first kappa shape index (κ1) is 14.7. The Balaban J connectivity index is 1.72. The average molecular weight is 300 g/mol. The molecule has 4 aliphatic rings. The second-order valence-electron chi connectivity index (χ2n) is 8.54. The second-order valence-corrected chi connectivity index (χ2v) is 8.54. The van der Waals surface area contributed by atoms with Crippen molar-refractivity contribution in [1.29, 1.82) is 0 Å². The van der Waals surface area contributed by atoms with Crippen LogP contribution in [-0.2, 0) is 9.59 Å². The molecule has 2 heteroatoms. The van der Waals surface area contributed by atoms with E-state index in [1.165, 1.54) is 19.3 Å². The van der Waals surface area contributed by atoms with Gasteiger partial charge < -0.3 is 0 Å². The Labute approximate surface area is 133 Å². The standard InChI is InChI=1S/C20H28O2/c1-3-20-11-8-14(21)12-13(20)4-5-15-16-6-7-18(22)19(16,2)10-9-17(15)20/h8,11,13,15-17H,3-7,9-10,12H2,1-2H3/t13?,15-,16-,17+,19-,20-/m0/s1. The van der Waals surface area contributed by atoms with Crippen molar-refractivity contribution >= 4 is 11.6 Å². The van der Waals surface area contributed by atoms with Crippen LogP contribution in [0, 0.1) is 34.5 Å². The van der Waals surface area contributed by atoms with E-state index in [0.717, 1.165) is 32.1 Å². The number of hydrogen-bond acceptors (Lipinski definition) is 2. The van der Waals surface area contributed by atoms with Crippen molar-refractivity contribution < 1.29 is 9.59 Å². The molecule has 0 aliphatic heterocycles. The minimum atomic E-state index is -0.0306. The Bertz CT molecular complexity index is 548. The summed E-state index contributed by atoms with van der Waals surface area (Å²) in [6.07, 6.45) is 12.7. The van der Waals surface area contributed by atoms with Crippen LogP contribution in [0.5, 0.6) is 0 Å². The molecule has 0 aromatic heterocycles. The zero-order valence-corrected chi connectivity index (χ0v) is 13.9. The van der Waals surface area contributed by atoms with E-state index in [1.54, 1.807) is 0 Å². The molecule has 3 saturated carbocycles. The lowest BCUT2D eigenvalue weighted by Gasteiger charge is -2.58. The first-order valence-corrected chi connectivity index (χ1v) is 9.26. The molecule has 0 spiro atoms. The molecule has 0 heterocycles. The quantitative estimate of drug-likeness (QED) is 0.722. The Kier molecular flexibility index (Phi) is 3.19. The van der Waals surface area contributed by atoms with E-state index in [0.29, 0.717) is 35.2 Å². The summed E-state index contributed by atoms with van der Waals surface area (Å²) in [6, 6.07) is 0. The van der Waals surface area contributed by atoms with Gasteiger partial charge in [0.25, 0.3) is 0 Å². The lowest BCUT2D eigenvalue weighted by atomic mass is 9.45. The van der Waals surface area contributed by atoms with Crippen LogP contribution in [0.1, 0.15) is 65.2 Å². The minimum absolute atomic E-state index is 0.0306. The number of allylic oxidation sites excluding steroid dienone is 2. The van der Waals surface area contributed by atoms with Crippen molar-refractivity contribution in [1.82, 2.24) is 0 Å². The van der Waals surface area contributed by atoms with Crippen molar-refractivity contribution in [2.45, 2.75) is 65.2 Å². The van der Waals surface area contributed by atoms with Crippen LogP contribution in [0.2, 0.25) is 0 Å². The van der Waals surface area contributed by atoms with Crippen LogP contribution in [0.3, 0.4) is 0 Å². The summed E-state index contributed by atoms with van der Waals surface area (Å²) in [5.74, 6) is 3.41. The third-order valence-corrected chi connectivity index (χ3v) is 8.08. The number of hydrogen-bond donors (Lipinski definition) is 0. The predicted octanol–water partition coefficient (Wildman–Crippen LogP) is 4.33. The van der Waals surface area contributed by atoms with Crippen LogP contribution >= 0.6 is 0 Å². The van der Waals surface area contributed by atoms with Crippen molar-refractivity contribution in [3.8, 4) is 0 Å². The predicted molar refractivity (Wildman–Crippen MR) is 86.3 cm³/mol. The molecule has 3 fully saturated rings. The van der Waals surface area contributed by atoms with E-state index in [2.05, 4.69) is 19.9 Å². The van der Waals surface area contributed by atoms with Gasteiger partial charge in [-0.15, -0.1) is 0 Å². The molecule has 0 radical (unpaired) electrons. The van der Waals surface area contributed by atoms with Gasteiger partial charge in [-0.3, -0.25) is 9.59 Å². The summed E-state index contributed by atoms with van der Waals surface area (Å²) in [7, 11) is 0. The fraction of sp³-hybridized carbons (Fsp3) is 0.800. The van der Waals surface area contributed by atoms with Gasteiger partial charge in [-0.25, -0.2) is 0 Å². The summed E-state index contributed by atoms with van der Waals surface area (Å²) in [5, 5.41) is 0. The van der Waals surface area contributed by atoms with E-state index in [9.17, 15) is 9.59 Å². The molecule has 2 nitrogen and oxygen atoms in total. The third-order valence-electron chi connectivity index (χ3n) is 8.08. The van der Waals surface area contributed by atoms with E-state index in [1.807, 2.05) is 6.08 Å². The maximum absolute atomic E-state index is 12.4. The second kappa shape index (κ2) is 4.79. The van der Waals surface area contributed by atoms with Crippen LogP contribution in [0.4, 0.5) is 0 Å². The molecule has 1 unspecified atom stereocenters. The molecular weight excluding hydrogens is 272 g/mol. The molecule has 0 saturated heterocycles. The largest absolute Gasteiger partial charge is 0.299 e. The molecule has 120 valence electrons. The lowest BCUT2D eigenvalue weighted by Crippen LogP contribution is -2.53. The Hall–Kier alpha value is -0.920. The van der Waals surface area contributed by atoms with Crippen molar-refractivity contribution in [3.05, 3.63) is 12.2 Å². The molecule has 0 amide bonds. The molecule has 4 rings (SSSR count). The molecule has 6 atom stereocenters. The summed E-state index contributed by atoms with van der Waals surface area (Å²) in [6.45, 7) is 4.55. The number of rotatable bonds is 1. The van der Waals surface area contributed by atoms with E-state index < -0.39 is 0 Å².